The zero-order chi connectivity index (χ0) is 18.7. The fourth-order valence-electron chi connectivity index (χ4n) is 2.24. The zero-order valence-corrected chi connectivity index (χ0v) is 15.7. The predicted octanol–water partition coefficient (Wildman–Crippen LogP) is 3.99. The molecule has 0 N–H and O–H groups in total. The average molecular weight is 376 g/mol. The van der Waals surface area contributed by atoms with Crippen LogP contribution in [0.4, 0.5) is 0 Å². The Morgan fingerprint density at radius 2 is 1.20 bits per heavy atom. The SMILES string of the molecule is C=C(/C(=C/C(C)C)S(=O)(=O)c1ccccc1)S(=O)(=O)c1ccccc1. The van der Waals surface area contributed by atoms with Crippen LogP contribution >= 0.6 is 0 Å². The van der Waals surface area contributed by atoms with Crippen LogP contribution < -0.4 is 0 Å². The molecule has 0 radical (unpaired) electrons. The number of rotatable bonds is 6. The van der Waals surface area contributed by atoms with Gasteiger partial charge in [0.2, 0.25) is 19.7 Å². The second-order valence-corrected chi connectivity index (χ2v) is 9.72. The van der Waals surface area contributed by atoms with Gasteiger partial charge in [-0.2, -0.15) is 0 Å². The second kappa shape index (κ2) is 7.37. The van der Waals surface area contributed by atoms with Crippen molar-refractivity contribution >= 4 is 19.7 Å². The van der Waals surface area contributed by atoms with Crippen LogP contribution in [0.3, 0.4) is 0 Å². The van der Waals surface area contributed by atoms with E-state index in [-0.39, 0.29) is 20.6 Å². The molecular weight excluding hydrogens is 356 g/mol. The minimum Gasteiger partial charge on any atom is -0.218 e. The first kappa shape index (κ1) is 19.1. The van der Waals surface area contributed by atoms with E-state index < -0.39 is 24.6 Å². The molecule has 2 rings (SSSR count). The maximum absolute atomic E-state index is 13.0. The molecule has 0 aliphatic carbocycles. The Morgan fingerprint density at radius 3 is 1.60 bits per heavy atom. The number of allylic oxidation sites excluding steroid dienone is 1. The number of sulfone groups is 2. The molecule has 0 aliphatic rings. The molecule has 0 spiro atoms. The Kier molecular flexibility index (Phi) is 5.65. The highest BCUT2D eigenvalue weighted by Gasteiger charge is 2.31. The van der Waals surface area contributed by atoms with Crippen LogP contribution in [0.5, 0.6) is 0 Å². The van der Waals surface area contributed by atoms with Gasteiger partial charge in [0.25, 0.3) is 0 Å². The van der Waals surface area contributed by atoms with E-state index >= 15 is 0 Å². The van der Waals surface area contributed by atoms with Crippen molar-refractivity contribution in [2.45, 2.75) is 23.6 Å². The molecule has 0 fully saturated rings. The molecule has 2 aromatic rings. The van der Waals surface area contributed by atoms with E-state index in [1.54, 1.807) is 50.2 Å². The predicted molar refractivity (Wildman–Crippen MR) is 99.3 cm³/mol. The minimum atomic E-state index is -4.02. The standard InChI is InChI=1S/C19H20O4S2/c1-15(2)14-19(25(22,23)18-12-8-5-9-13-18)16(3)24(20,21)17-10-6-4-7-11-17/h4-15H,3H2,1-2H3/b19-14-. The molecule has 0 saturated heterocycles. The second-order valence-electron chi connectivity index (χ2n) is 5.83. The molecule has 0 bridgehead atoms. The van der Waals surface area contributed by atoms with Gasteiger partial charge in [-0.3, -0.25) is 0 Å². The molecular formula is C19H20O4S2. The van der Waals surface area contributed by atoms with Crippen LogP contribution in [0.25, 0.3) is 0 Å². The smallest absolute Gasteiger partial charge is 0.207 e. The van der Waals surface area contributed by atoms with Crippen LogP contribution in [-0.4, -0.2) is 16.8 Å². The molecule has 132 valence electrons. The minimum absolute atomic E-state index is 0.0120. The summed E-state index contributed by atoms with van der Waals surface area (Å²) in [7, 11) is -8.02. The van der Waals surface area contributed by atoms with Crippen molar-refractivity contribution in [1.29, 1.82) is 0 Å². The molecule has 0 heterocycles. The fourth-order valence-corrected chi connectivity index (χ4v) is 5.55. The molecule has 0 aromatic heterocycles. The Morgan fingerprint density at radius 1 is 0.800 bits per heavy atom. The third kappa shape index (κ3) is 4.08. The van der Waals surface area contributed by atoms with Gasteiger partial charge in [-0.1, -0.05) is 62.9 Å². The van der Waals surface area contributed by atoms with Gasteiger partial charge < -0.3 is 0 Å². The van der Waals surface area contributed by atoms with E-state index in [1.807, 2.05) is 0 Å². The summed E-state index contributed by atoms with van der Waals surface area (Å²) in [5, 5.41) is 0. The van der Waals surface area contributed by atoms with Crippen LogP contribution in [0.1, 0.15) is 13.8 Å². The van der Waals surface area contributed by atoms with Crippen LogP contribution in [-0.2, 0) is 19.7 Å². The lowest BCUT2D eigenvalue weighted by molar-refractivity contribution is 0.596. The maximum Gasteiger partial charge on any atom is 0.207 e. The molecule has 0 aliphatic heterocycles. The van der Waals surface area contributed by atoms with E-state index in [2.05, 4.69) is 6.58 Å². The van der Waals surface area contributed by atoms with Crippen molar-refractivity contribution in [3.63, 3.8) is 0 Å². The van der Waals surface area contributed by atoms with E-state index in [0.717, 1.165) is 0 Å². The van der Waals surface area contributed by atoms with Crippen LogP contribution in [0.15, 0.2) is 92.9 Å². The first-order chi connectivity index (χ1) is 11.7. The Balaban J connectivity index is 2.63. The summed E-state index contributed by atoms with van der Waals surface area (Å²) in [6.45, 7) is 7.17. The summed E-state index contributed by atoms with van der Waals surface area (Å²) >= 11 is 0. The Hall–Kier alpha value is -2.18. The van der Waals surface area contributed by atoms with Crippen molar-refractivity contribution in [2.24, 2.45) is 5.92 Å². The summed E-state index contributed by atoms with van der Waals surface area (Å²) in [6.07, 6.45) is 1.42. The number of hydrogen-bond acceptors (Lipinski definition) is 4. The highest BCUT2D eigenvalue weighted by atomic mass is 32.2. The lowest BCUT2D eigenvalue weighted by atomic mass is 10.2. The van der Waals surface area contributed by atoms with Crippen LogP contribution in [0, 0.1) is 5.92 Å². The normalized spacial score (nSPS) is 13.0. The van der Waals surface area contributed by atoms with Crippen molar-refractivity contribution in [3.8, 4) is 0 Å². The van der Waals surface area contributed by atoms with Gasteiger partial charge in [-0.15, -0.1) is 0 Å². The molecule has 0 unspecified atom stereocenters. The largest absolute Gasteiger partial charge is 0.218 e. The summed E-state index contributed by atoms with van der Waals surface area (Å²) in [6, 6.07) is 15.4. The Labute approximate surface area is 149 Å². The van der Waals surface area contributed by atoms with Crippen molar-refractivity contribution in [2.75, 3.05) is 0 Å². The van der Waals surface area contributed by atoms with Crippen molar-refractivity contribution < 1.29 is 16.8 Å². The summed E-state index contributed by atoms with van der Waals surface area (Å²) in [4.78, 5) is -0.655. The molecule has 4 nitrogen and oxygen atoms in total. The van der Waals surface area contributed by atoms with Crippen molar-refractivity contribution in [3.05, 3.63) is 83.1 Å². The molecule has 25 heavy (non-hydrogen) atoms. The van der Waals surface area contributed by atoms with Gasteiger partial charge in [-0.05, 0) is 30.2 Å². The first-order valence-electron chi connectivity index (χ1n) is 7.68. The molecule has 2 aromatic carbocycles. The van der Waals surface area contributed by atoms with E-state index in [1.165, 1.54) is 30.3 Å². The maximum atomic E-state index is 13.0. The zero-order valence-electron chi connectivity index (χ0n) is 14.1. The summed E-state index contributed by atoms with van der Waals surface area (Å²) < 4.78 is 51.6. The van der Waals surface area contributed by atoms with E-state index in [0.29, 0.717) is 0 Å². The van der Waals surface area contributed by atoms with Gasteiger partial charge in [0.15, 0.2) is 0 Å². The third-order valence-electron chi connectivity index (χ3n) is 3.48. The van der Waals surface area contributed by atoms with Gasteiger partial charge >= 0.3 is 0 Å². The fraction of sp³-hybridized carbons (Fsp3) is 0.158. The number of benzene rings is 2. The molecule has 0 atom stereocenters. The van der Waals surface area contributed by atoms with E-state index in [9.17, 15) is 16.8 Å². The van der Waals surface area contributed by atoms with Crippen LogP contribution in [0.2, 0.25) is 0 Å². The van der Waals surface area contributed by atoms with Gasteiger partial charge in [0.05, 0.1) is 19.6 Å². The highest BCUT2D eigenvalue weighted by molar-refractivity contribution is 8.00. The van der Waals surface area contributed by atoms with Gasteiger partial charge in [0, 0.05) is 0 Å². The Bertz CT molecular complexity index is 986. The topological polar surface area (TPSA) is 68.3 Å². The number of hydrogen-bond donors (Lipinski definition) is 0. The van der Waals surface area contributed by atoms with Gasteiger partial charge in [0.1, 0.15) is 0 Å². The molecule has 6 heteroatoms. The average Bonchev–Trinajstić information content (AvgIpc) is 2.60. The monoisotopic (exact) mass is 376 g/mol. The first-order valence-corrected chi connectivity index (χ1v) is 10.7. The van der Waals surface area contributed by atoms with E-state index in [4.69, 9.17) is 0 Å². The summed E-state index contributed by atoms with van der Waals surface area (Å²) in [5.74, 6) is -0.170. The lowest BCUT2D eigenvalue weighted by Crippen LogP contribution is -2.14. The van der Waals surface area contributed by atoms with Gasteiger partial charge in [-0.25, -0.2) is 16.8 Å². The molecule has 0 amide bonds. The molecule has 0 saturated carbocycles. The van der Waals surface area contributed by atoms with Crippen molar-refractivity contribution in [1.82, 2.24) is 0 Å². The lowest BCUT2D eigenvalue weighted by Gasteiger charge is -2.14. The summed E-state index contributed by atoms with van der Waals surface area (Å²) in [5.41, 5.74) is 0. The quantitative estimate of drug-likeness (QED) is 0.715. The highest BCUT2D eigenvalue weighted by Crippen LogP contribution is 2.31. The third-order valence-corrected chi connectivity index (χ3v) is 7.23.